The zero-order valence-electron chi connectivity index (χ0n) is 13.8. The Balaban J connectivity index is 1.91. The number of carbonyl (C=O) groups excluding carboxylic acids is 2. The summed E-state index contributed by atoms with van der Waals surface area (Å²) in [7, 11) is 0. The van der Waals surface area contributed by atoms with Gasteiger partial charge in [-0.2, -0.15) is 0 Å². The van der Waals surface area contributed by atoms with E-state index in [2.05, 4.69) is 5.32 Å². The fourth-order valence-corrected chi connectivity index (χ4v) is 2.19. The summed E-state index contributed by atoms with van der Waals surface area (Å²) >= 11 is 0. The molecule has 7 heteroatoms. The number of carboxylic acid groups (broad SMARTS) is 1. The summed E-state index contributed by atoms with van der Waals surface area (Å²) in [6.07, 6.45) is 1.84. The highest BCUT2D eigenvalue weighted by Crippen LogP contribution is 2.30. The first kappa shape index (κ1) is 17.8. The maximum Gasteiger partial charge on any atom is 0.323 e. The summed E-state index contributed by atoms with van der Waals surface area (Å²) in [4.78, 5) is 35.9. The highest BCUT2D eigenvalue weighted by Gasteiger charge is 2.29. The molecule has 2 amide bonds. The Bertz CT molecular complexity index is 625. The van der Waals surface area contributed by atoms with Gasteiger partial charge in [0.05, 0.1) is 0 Å². The Labute approximate surface area is 140 Å². The van der Waals surface area contributed by atoms with E-state index in [0.29, 0.717) is 11.4 Å². The first-order valence-electron chi connectivity index (χ1n) is 7.92. The molecule has 2 N–H and O–H groups in total. The smallest absolute Gasteiger partial charge is 0.323 e. The number of aliphatic carboxylic acids is 1. The topological polar surface area (TPSA) is 95.9 Å². The number of hydrogen-bond donors (Lipinski definition) is 2. The fourth-order valence-electron chi connectivity index (χ4n) is 2.19. The van der Waals surface area contributed by atoms with Crippen LogP contribution >= 0.6 is 0 Å². The van der Waals surface area contributed by atoms with Crippen molar-refractivity contribution in [1.82, 2.24) is 4.90 Å². The van der Waals surface area contributed by atoms with Crippen LogP contribution in [0.1, 0.15) is 26.7 Å². The Morgan fingerprint density at radius 3 is 2.62 bits per heavy atom. The van der Waals surface area contributed by atoms with Crippen LogP contribution in [-0.4, -0.2) is 47.0 Å². The van der Waals surface area contributed by atoms with E-state index in [-0.39, 0.29) is 31.0 Å². The molecule has 0 aromatic heterocycles. The normalized spacial score (nSPS) is 13.5. The van der Waals surface area contributed by atoms with Crippen molar-refractivity contribution < 1.29 is 24.2 Å². The third kappa shape index (κ3) is 5.26. The van der Waals surface area contributed by atoms with Gasteiger partial charge in [-0.3, -0.25) is 14.4 Å². The maximum absolute atomic E-state index is 12.1. The molecule has 1 aromatic carbocycles. The second-order valence-electron chi connectivity index (χ2n) is 6.09. The van der Waals surface area contributed by atoms with E-state index in [4.69, 9.17) is 9.84 Å². The van der Waals surface area contributed by atoms with Crippen molar-refractivity contribution in [3.8, 4) is 5.75 Å². The van der Waals surface area contributed by atoms with Gasteiger partial charge in [0.25, 0.3) is 5.91 Å². The van der Waals surface area contributed by atoms with Gasteiger partial charge in [-0.05, 0) is 38.8 Å². The summed E-state index contributed by atoms with van der Waals surface area (Å²) in [6, 6.07) is 6.56. The number of amides is 2. The van der Waals surface area contributed by atoms with Crippen molar-refractivity contribution in [3.63, 3.8) is 0 Å². The Morgan fingerprint density at radius 1 is 1.33 bits per heavy atom. The Hall–Kier alpha value is -2.57. The molecule has 0 radical (unpaired) electrons. The highest BCUT2D eigenvalue weighted by molar-refractivity contribution is 5.94. The first-order chi connectivity index (χ1) is 11.4. The molecular formula is C17H22N2O5. The molecule has 0 unspecified atom stereocenters. The van der Waals surface area contributed by atoms with Gasteiger partial charge in [0.2, 0.25) is 5.91 Å². The van der Waals surface area contributed by atoms with E-state index in [0.717, 1.165) is 12.8 Å². The Kier molecular flexibility index (Phi) is 5.78. The molecule has 1 aromatic rings. The molecule has 1 saturated carbocycles. The number of hydrogen-bond acceptors (Lipinski definition) is 4. The van der Waals surface area contributed by atoms with E-state index in [1.165, 1.54) is 4.90 Å². The lowest BCUT2D eigenvalue weighted by atomic mass is 10.3. The van der Waals surface area contributed by atoms with Crippen LogP contribution in [0, 0.1) is 5.92 Å². The highest BCUT2D eigenvalue weighted by atomic mass is 16.5. The second-order valence-corrected chi connectivity index (χ2v) is 6.09. The number of anilines is 1. The summed E-state index contributed by atoms with van der Waals surface area (Å²) in [5.74, 6) is -0.930. The molecule has 130 valence electrons. The van der Waals surface area contributed by atoms with Crippen molar-refractivity contribution in [2.24, 2.45) is 5.92 Å². The molecule has 0 heterocycles. The van der Waals surface area contributed by atoms with Gasteiger partial charge in [0.1, 0.15) is 12.3 Å². The van der Waals surface area contributed by atoms with Gasteiger partial charge >= 0.3 is 5.97 Å². The number of rotatable bonds is 8. The zero-order chi connectivity index (χ0) is 17.7. The number of carboxylic acids is 1. The monoisotopic (exact) mass is 334 g/mol. The number of ether oxygens (including phenoxy) is 1. The lowest BCUT2D eigenvalue weighted by Crippen LogP contribution is -2.43. The van der Waals surface area contributed by atoms with E-state index in [1.54, 1.807) is 38.1 Å². The molecule has 1 aliphatic rings. The van der Waals surface area contributed by atoms with Crippen LogP contribution in [0.4, 0.5) is 5.69 Å². The Morgan fingerprint density at radius 2 is 2.04 bits per heavy atom. The molecule has 24 heavy (non-hydrogen) atoms. The van der Waals surface area contributed by atoms with Crippen LogP contribution < -0.4 is 10.1 Å². The largest absolute Gasteiger partial charge is 0.484 e. The van der Waals surface area contributed by atoms with Crippen LogP contribution in [0.15, 0.2) is 24.3 Å². The van der Waals surface area contributed by atoms with Crippen LogP contribution in [0.5, 0.6) is 5.75 Å². The van der Waals surface area contributed by atoms with Gasteiger partial charge in [-0.1, -0.05) is 6.07 Å². The van der Waals surface area contributed by atoms with E-state index >= 15 is 0 Å². The van der Waals surface area contributed by atoms with Crippen LogP contribution in [0.3, 0.4) is 0 Å². The molecular weight excluding hydrogens is 312 g/mol. The number of nitrogens with zero attached hydrogens (tertiary/aromatic N) is 1. The first-order valence-corrected chi connectivity index (χ1v) is 7.92. The zero-order valence-corrected chi connectivity index (χ0v) is 13.8. The third-order valence-electron chi connectivity index (χ3n) is 3.66. The second kappa shape index (κ2) is 7.81. The predicted molar refractivity (Wildman–Crippen MR) is 87.8 cm³/mol. The van der Waals surface area contributed by atoms with Gasteiger partial charge < -0.3 is 20.1 Å². The van der Waals surface area contributed by atoms with Crippen LogP contribution in [0.25, 0.3) is 0 Å². The maximum atomic E-state index is 12.1. The van der Waals surface area contributed by atoms with Crippen molar-refractivity contribution in [3.05, 3.63) is 24.3 Å². The lowest BCUT2D eigenvalue weighted by molar-refractivity contribution is -0.146. The van der Waals surface area contributed by atoms with E-state index < -0.39 is 11.9 Å². The van der Waals surface area contributed by atoms with Crippen molar-refractivity contribution in [2.75, 3.05) is 18.5 Å². The summed E-state index contributed by atoms with van der Waals surface area (Å²) in [5.41, 5.74) is 0.614. The summed E-state index contributed by atoms with van der Waals surface area (Å²) < 4.78 is 5.44. The predicted octanol–water partition coefficient (Wildman–Crippen LogP) is 1.74. The average Bonchev–Trinajstić information content (AvgIpc) is 3.35. The molecule has 7 nitrogen and oxygen atoms in total. The minimum absolute atomic E-state index is 0.00401. The van der Waals surface area contributed by atoms with Crippen molar-refractivity contribution >= 4 is 23.5 Å². The molecule has 1 fully saturated rings. The quantitative estimate of drug-likeness (QED) is 0.755. The molecule has 2 rings (SSSR count). The molecule has 0 saturated heterocycles. The minimum Gasteiger partial charge on any atom is -0.484 e. The van der Waals surface area contributed by atoms with Gasteiger partial charge in [0.15, 0.2) is 6.61 Å². The van der Waals surface area contributed by atoms with Gasteiger partial charge in [-0.15, -0.1) is 0 Å². The fraction of sp³-hybridized carbons (Fsp3) is 0.471. The molecule has 0 spiro atoms. The number of nitrogens with one attached hydrogen (secondary N) is 1. The molecule has 0 bridgehead atoms. The number of carbonyl (C=O) groups is 3. The van der Waals surface area contributed by atoms with Crippen molar-refractivity contribution in [2.45, 2.75) is 32.7 Å². The van der Waals surface area contributed by atoms with Crippen LogP contribution in [-0.2, 0) is 14.4 Å². The third-order valence-corrected chi connectivity index (χ3v) is 3.66. The standard InChI is InChI=1S/C17H22N2O5/c1-11(2)19(9-16(21)22)15(20)10-24-14-5-3-4-13(8-14)18-17(23)12-6-7-12/h3-5,8,11-12H,6-7,9-10H2,1-2H3,(H,18,23)(H,21,22). The molecule has 1 aliphatic carbocycles. The SMILES string of the molecule is CC(C)N(CC(=O)O)C(=O)COc1cccc(NC(=O)C2CC2)c1. The van der Waals surface area contributed by atoms with Crippen LogP contribution in [0.2, 0.25) is 0 Å². The van der Waals surface area contributed by atoms with Crippen molar-refractivity contribution in [1.29, 1.82) is 0 Å². The average molecular weight is 334 g/mol. The van der Waals surface area contributed by atoms with Gasteiger partial charge in [0, 0.05) is 23.7 Å². The van der Waals surface area contributed by atoms with E-state index in [9.17, 15) is 14.4 Å². The molecule has 0 aliphatic heterocycles. The summed E-state index contributed by atoms with van der Waals surface area (Å²) in [6.45, 7) is 2.87. The molecule has 0 atom stereocenters. The lowest BCUT2D eigenvalue weighted by Gasteiger charge is -2.24. The summed E-state index contributed by atoms with van der Waals surface area (Å²) in [5, 5.41) is 11.7. The number of benzene rings is 1. The minimum atomic E-state index is -1.07. The van der Waals surface area contributed by atoms with E-state index in [1.807, 2.05) is 0 Å². The van der Waals surface area contributed by atoms with Gasteiger partial charge in [-0.25, -0.2) is 0 Å².